The predicted molar refractivity (Wildman–Crippen MR) is 262 cm³/mol. The molecular weight excluding hydrogens is 945 g/mol. The number of nitrogen functional groups attached to an aromatic ring is 2. The number of rotatable bonds is 8. The molecule has 0 spiro atoms. The average Bonchev–Trinajstić information content (AvgIpc) is 3.39. The van der Waals surface area contributed by atoms with E-state index in [1.807, 2.05) is 46.2 Å². The Bertz CT molecular complexity index is 2830. The van der Waals surface area contributed by atoms with Gasteiger partial charge in [-0.05, 0) is 36.4 Å². The minimum Gasteiger partial charge on any atom is -0.493 e. The van der Waals surface area contributed by atoms with Gasteiger partial charge in [-0.15, -0.1) is 0 Å². The van der Waals surface area contributed by atoms with Crippen molar-refractivity contribution in [2.45, 2.75) is 12.2 Å². The van der Waals surface area contributed by atoms with Gasteiger partial charge in [0.15, 0.2) is 46.0 Å². The summed E-state index contributed by atoms with van der Waals surface area (Å²) in [4.78, 5) is 51.9. The first-order chi connectivity index (χ1) is 34.1. The zero-order valence-corrected chi connectivity index (χ0v) is 40.5. The third-order valence-electron chi connectivity index (χ3n) is 11.8. The lowest BCUT2D eigenvalue weighted by atomic mass is 10.2. The molecule has 2 saturated heterocycles. The summed E-state index contributed by atoms with van der Waals surface area (Å²) in [6, 6.07) is 21.8. The smallest absolute Gasteiger partial charge is 0.267 e. The number of hydrogen-bond acceptors (Lipinski definition) is 20. The van der Waals surface area contributed by atoms with Crippen LogP contribution in [-0.4, -0.2) is 167 Å². The van der Waals surface area contributed by atoms with E-state index in [0.29, 0.717) is 150 Å². The van der Waals surface area contributed by atoms with Gasteiger partial charge in [-0.25, -0.2) is 9.97 Å². The molecule has 2 fully saturated rings. The van der Waals surface area contributed by atoms with Gasteiger partial charge in [-0.1, -0.05) is 24.3 Å². The van der Waals surface area contributed by atoms with Gasteiger partial charge in [0.25, 0.3) is 21.9 Å². The van der Waals surface area contributed by atoms with Gasteiger partial charge < -0.3 is 69.0 Å². The maximum atomic E-state index is 13.0. The molecule has 5 N–H and O–H groups in total. The fourth-order valence-corrected chi connectivity index (χ4v) is 8.16. The van der Waals surface area contributed by atoms with Gasteiger partial charge >= 0.3 is 0 Å². The van der Waals surface area contributed by atoms with Crippen LogP contribution in [0.5, 0.6) is 46.0 Å². The Labute approximate surface area is 408 Å². The van der Waals surface area contributed by atoms with Crippen LogP contribution in [-0.2, 0) is 19.7 Å². The standard InChI is InChI=1S/2C23H25N5O5.CH4O3S/c2*1-30-18-11-14-15(12-19(18)31-2)25-23(26-21(14)24)28-9-7-27(8-10-28)22(29)20-13-32-16-5-3-4-6-17(16)33-20;1-5(2,3)4/h2*3-6,11-12,20H,7-10,13H2,1-2H3,(H2,24,25,26);1H3,(H,2,3,4). The molecule has 2 unspecified atom stereocenters. The molecule has 71 heavy (non-hydrogen) atoms. The Balaban J connectivity index is 0.000000174. The van der Waals surface area contributed by atoms with Crippen LogP contribution in [0.1, 0.15) is 0 Å². The van der Waals surface area contributed by atoms with Crippen molar-refractivity contribution in [1.82, 2.24) is 29.7 Å². The lowest BCUT2D eigenvalue weighted by Gasteiger charge is -2.37. The second kappa shape index (κ2) is 21.3. The monoisotopic (exact) mass is 998 g/mol. The largest absolute Gasteiger partial charge is 0.493 e. The van der Waals surface area contributed by atoms with Crippen LogP contribution in [0.4, 0.5) is 23.5 Å². The van der Waals surface area contributed by atoms with Crippen molar-refractivity contribution in [2.24, 2.45) is 0 Å². The van der Waals surface area contributed by atoms with E-state index < -0.39 is 22.3 Å². The number of benzene rings is 4. The van der Waals surface area contributed by atoms with Gasteiger partial charge in [-0.3, -0.25) is 14.1 Å². The lowest BCUT2D eigenvalue weighted by molar-refractivity contribution is -0.142. The molecule has 2 aromatic heterocycles. The molecule has 24 heteroatoms. The van der Waals surface area contributed by atoms with Crippen molar-refractivity contribution >= 4 is 67.3 Å². The van der Waals surface area contributed by atoms with Crippen molar-refractivity contribution < 1.29 is 60.5 Å². The third-order valence-corrected chi connectivity index (χ3v) is 11.8. The van der Waals surface area contributed by atoms with Crippen molar-refractivity contribution in [3.05, 3.63) is 72.8 Å². The summed E-state index contributed by atoms with van der Waals surface area (Å²) < 4.78 is 70.5. The Morgan fingerprint density at radius 2 is 0.887 bits per heavy atom. The van der Waals surface area contributed by atoms with Crippen molar-refractivity contribution in [1.29, 1.82) is 0 Å². The van der Waals surface area contributed by atoms with E-state index >= 15 is 0 Å². The van der Waals surface area contributed by atoms with Crippen LogP contribution >= 0.6 is 0 Å². The molecule has 6 aromatic rings. The first kappa shape index (κ1) is 49.4. The molecule has 0 saturated carbocycles. The minimum atomic E-state index is -3.67. The molecule has 2 atom stereocenters. The molecule has 6 heterocycles. The van der Waals surface area contributed by atoms with Crippen molar-refractivity contribution in [3.63, 3.8) is 0 Å². The van der Waals surface area contributed by atoms with Crippen LogP contribution < -0.4 is 59.2 Å². The second-order valence-corrected chi connectivity index (χ2v) is 17.8. The van der Waals surface area contributed by atoms with Gasteiger partial charge in [0.1, 0.15) is 24.8 Å². The number of amides is 2. The molecule has 23 nitrogen and oxygen atoms in total. The molecule has 0 bridgehead atoms. The van der Waals surface area contributed by atoms with Gasteiger partial charge in [0, 0.05) is 75.3 Å². The second-order valence-electron chi connectivity index (χ2n) is 16.4. The molecular formula is C47H54N10O13S. The number of piperazine rings is 2. The van der Waals surface area contributed by atoms with E-state index in [9.17, 15) is 18.0 Å². The maximum Gasteiger partial charge on any atom is 0.267 e. The van der Waals surface area contributed by atoms with E-state index in [2.05, 4.69) is 19.9 Å². The fraction of sp³-hybridized carbons (Fsp3) is 0.362. The lowest BCUT2D eigenvalue weighted by Crippen LogP contribution is -2.54. The topological polar surface area (TPSA) is 279 Å². The Hall–Kier alpha value is -7.99. The number of fused-ring (bicyclic) bond motifs is 4. The number of anilines is 4. The highest BCUT2D eigenvalue weighted by Gasteiger charge is 2.35. The molecule has 10 rings (SSSR count). The highest BCUT2D eigenvalue weighted by atomic mass is 32.2. The van der Waals surface area contributed by atoms with Crippen molar-refractivity contribution in [2.75, 3.05) is 122 Å². The van der Waals surface area contributed by atoms with Gasteiger partial charge in [0.05, 0.1) is 45.7 Å². The molecule has 4 aliphatic heterocycles. The summed E-state index contributed by atoms with van der Waals surface area (Å²) in [6.45, 7) is 4.80. The zero-order valence-electron chi connectivity index (χ0n) is 39.6. The van der Waals surface area contributed by atoms with E-state index in [1.54, 1.807) is 74.6 Å². The quantitative estimate of drug-likeness (QED) is 0.185. The summed E-state index contributed by atoms with van der Waals surface area (Å²) in [7, 11) is 2.62. The van der Waals surface area contributed by atoms with Crippen LogP contribution in [0.15, 0.2) is 72.8 Å². The first-order valence-electron chi connectivity index (χ1n) is 22.3. The van der Waals surface area contributed by atoms with Crippen LogP contribution in [0, 0.1) is 0 Å². The van der Waals surface area contributed by atoms with Crippen LogP contribution in [0.3, 0.4) is 0 Å². The SMILES string of the molecule is COc1cc2nc(N3CCN(C(=O)C4COc5ccccc5O4)CC3)nc(N)c2cc1OC.COc1cc2nc(N3CCN(C(=O)C4COc5ccccc5O4)CC3)nc(N)c2cc1OC.CS(=O)(=O)O. The van der Waals surface area contributed by atoms with E-state index in [1.165, 1.54) is 0 Å². The van der Waals surface area contributed by atoms with Crippen LogP contribution in [0.2, 0.25) is 0 Å². The number of nitrogens with two attached hydrogens (primary N) is 2. The third kappa shape index (κ3) is 11.4. The number of aromatic nitrogens is 4. The summed E-state index contributed by atoms with van der Waals surface area (Å²) in [6.07, 6.45) is -0.588. The maximum absolute atomic E-state index is 13.0. The van der Waals surface area contributed by atoms with E-state index in [4.69, 9.17) is 53.9 Å². The number of hydrogen-bond donors (Lipinski definition) is 3. The minimum absolute atomic E-state index is 0.0834. The Morgan fingerprint density at radius 3 is 1.23 bits per heavy atom. The molecule has 2 amide bonds. The van der Waals surface area contributed by atoms with Gasteiger partial charge in [0.2, 0.25) is 24.1 Å². The Morgan fingerprint density at radius 1 is 0.563 bits per heavy atom. The predicted octanol–water partition coefficient (Wildman–Crippen LogP) is 2.94. The number of nitrogens with zero attached hydrogens (tertiary/aromatic N) is 8. The van der Waals surface area contributed by atoms with E-state index in [0.717, 1.165) is 0 Å². The van der Waals surface area contributed by atoms with Crippen LogP contribution in [0.25, 0.3) is 21.8 Å². The summed E-state index contributed by atoms with van der Waals surface area (Å²) >= 11 is 0. The molecule has 4 aliphatic rings. The summed E-state index contributed by atoms with van der Waals surface area (Å²) in [5.41, 5.74) is 13.8. The summed E-state index contributed by atoms with van der Waals surface area (Å²) in [5.74, 6) is 6.37. The molecule has 0 aliphatic carbocycles. The number of carbonyl (C=O) groups is 2. The normalized spacial score (nSPS) is 17.3. The Kier molecular flexibility index (Phi) is 14.9. The molecule has 376 valence electrons. The number of para-hydroxylation sites is 4. The van der Waals surface area contributed by atoms with Gasteiger partial charge in [-0.2, -0.15) is 18.4 Å². The fourth-order valence-electron chi connectivity index (χ4n) is 8.16. The zero-order chi connectivity index (χ0) is 50.4. The number of methoxy groups -OCH3 is 4. The highest BCUT2D eigenvalue weighted by Crippen LogP contribution is 2.37. The van der Waals surface area contributed by atoms with Crippen molar-refractivity contribution in [3.8, 4) is 46.0 Å². The van der Waals surface area contributed by atoms with E-state index in [-0.39, 0.29) is 25.0 Å². The number of ether oxygens (including phenoxy) is 8. The molecule has 4 aromatic carbocycles. The highest BCUT2D eigenvalue weighted by molar-refractivity contribution is 7.85. The number of carbonyl (C=O) groups excluding carboxylic acids is 2. The molecule has 0 radical (unpaired) electrons. The average molecular weight is 999 g/mol. The summed E-state index contributed by atoms with van der Waals surface area (Å²) in [5, 5.41) is 1.39. The first-order valence-corrected chi connectivity index (χ1v) is 24.1.